The van der Waals surface area contributed by atoms with Crippen molar-refractivity contribution in [3.8, 4) is 11.6 Å². The highest BCUT2D eigenvalue weighted by atomic mass is 19.1. The highest BCUT2D eigenvalue weighted by Gasteiger charge is 2.41. The summed E-state index contributed by atoms with van der Waals surface area (Å²) in [6.45, 7) is 8.04. The molecule has 0 atom stereocenters. The monoisotopic (exact) mass is 412 g/mol. The highest BCUT2D eigenvalue weighted by Crippen LogP contribution is 2.29. The molecule has 0 spiro atoms. The van der Waals surface area contributed by atoms with Gasteiger partial charge in [0.25, 0.3) is 11.8 Å². The Morgan fingerprint density at radius 1 is 1.20 bits per heavy atom. The lowest BCUT2D eigenvalue weighted by Crippen LogP contribution is -2.49. The molecule has 0 saturated carbocycles. The third kappa shape index (κ3) is 4.30. The van der Waals surface area contributed by atoms with Gasteiger partial charge in [-0.3, -0.25) is 9.78 Å². The maximum atomic E-state index is 15.3. The fraction of sp³-hybridized carbons (Fsp3) is 0.476. The average molecular weight is 412 g/mol. The molecule has 1 saturated heterocycles. The Balaban J connectivity index is 1.48. The van der Waals surface area contributed by atoms with Gasteiger partial charge < -0.3 is 14.6 Å². The SMILES string of the molecule is Cc1nnc(-c2cc3cc(NC(=O)C4(F)CCN(CC(C)C)CC4)ncc3cn2)o1. The van der Waals surface area contributed by atoms with E-state index in [1.807, 2.05) is 0 Å². The van der Waals surface area contributed by atoms with Crippen LogP contribution < -0.4 is 5.32 Å². The standard InChI is InChI=1S/C21H25FN6O2/c1-13(2)12-28-6-4-21(22,5-7-28)20(29)25-18-9-15-8-17(19-27-26-14(3)30-19)23-10-16(15)11-24-18/h8-11,13H,4-7,12H2,1-3H3,(H,24,25,29). The minimum absolute atomic E-state index is 0.184. The van der Waals surface area contributed by atoms with Gasteiger partial charge >= 0.3 is 0 Å². The third-order valence-electron chi connectivity index (χ3n) is 5.27. The molecule has 1 aliphatic heterocycles. The van der Waals surface area contributed by atoms with Crippen molar-refractivity contribution < 1.29 is 13.6 Å². The zero-order valence-corrected chi connectivity index (χ0v) is 17.4. The van der Waals surface area contributed by atoms with E-state index in [2.05, 4.69) is 44.2 Å². The van der Waals surface area contributed by atoms with Crippen LogP contribution in [0.4, 0.5) is 10.2 Å². The van der Waals surface area contributed by atoms with Gasteiger partial charge in [0.15, 0.2) is 5.67 Å². The van der Waals surface area contributed by atoms with Crippen LogP contribution in [0.2, 0.25) is 0 Å². The van der Waals surface area contributed by atoms with Gasteiger partial charge in [0, 0.05) is 57.2 Å². The number of anilines is 1. The lowest BCUT2D eigenvalue weighted by molar-refractivity contribution is -0.130. The first kappa shape index (κ1) is 20.3. The Hall–Kier alpha value is -2.94. The molecular formula is C21H25FN6O2. The van der Waals surface area contributed by atoms with Crippen LogP contribution >= 0.6 is 0 Å². The second-order valence-electron chi connectivity index (χ2n) is 8.23. The first-order valence-electron chi connectivity index (χ1n) is 10.1. The van der Waals surface area contributed by atoms with Gasteiger partial charge in [-0.1, -0.05) is 13.8 Å². The van der Waals surface area contributed by atoms with Gasteiger partial charge in [0.1, 0.15) is 11.5 Å². The van der Waals surface area contributed by atoms with Gasteiger partial charge in [-0.15, -0.1) is 10.2 Å². The van der Waals surface area contributed by atoms with Gasteiger partial charge in [0.2, 0.25) is 5.89 Å². The summed E-state index contributed by atoms with van der Waals surface area (Å²) in [5, 5.41) is 12.0. The van der Waals surface area contributed by atoms with Gasteiger partial charge in [-0.25, -0.2) is 9.37 Å². The summed E-state index contributed by atoms with van der Waals surface area (Å²) in [7, 11) is 0. The number of carbonyl (C=O) groups excluding carboxylic acids is 1. The minimum atomic E-state index is -1.88. The summed E-state index contributed by atoms with van der Waals surface area (Å²) < 4.78 is 20.7. The Morgan fingerprint density at radius 3 is 2.60 bits per heavy atom. The summed E-state index contributed by atoms with van der Waals surface area (Å²) in [4.78, 5) is 23.4. The number of halogens is 1. The number of nitrogens with zero attached hydrogens (tertiary/aromatic N) is 5. The number of amides is 1. The quantitative estimate of drug-likeness (QED) is 0.686. The Labute approximate surface area is 173 Å². The van der Waals surface area contributed by atoms with Gasteiger partial charge in [-0.05, 0) is 23.4 Å². The first-order valence-corrected chi connectivity index (χ1v) is 10.1. The number of pyridine rings is 2. The van der Waals surface area contributed by atoms with E-state index in [9.17, 15) is 4.79 Å². The summed E-state index contributed by atoms with van der Waals surface area (Å²) in [6.07, 6.45) is 3.61. The molecule has 4 heterocycles. The normalized spacial score (nSPS) is 16.8. The summed E-state index contributed by atoms with van der Waals surface area (Å²) >= 11 is 0. The zero-order valence-electron chi connectivity index (χ0n) is 17.4. The fourth-order valence-corrected chi connectivity index (χ4v) is 3.69. The van der Waals surface area contributed by atoms with Gasteiger partial charge in [-0.2, -0.15) is 0 Å². The average Bonchev–Trinajstić information content (AvgIpc) is 3.15. The molecule has 0 unspecified atom stereocenters. The van der Waals surface area contributed by atoms with Crippen LogP contribution in [0.25, 0.3) is 22.4 Å². The topological polar surface area (TPSA) is 97.0 Å². The molecule has 1 aliphatic rings. The molecule has 8 nitrogen and oxygen atoms in total. The molecule has 0 bridgehead atoms. The van der Waals surface area contributed by atoms with Crippen molar-refractivity contribution in [2.75, 3.05) is 25.0 Å². The van der Waals surface area contributed by atoms with Crippen molar-refractivity contribution in [1.29, 1.82) is 0 Å². The second kappa shape index (κ2) is 8.06. The predicted octanol–water partition coefficient (Wildman–Crippen LogP) is 3.39. The third-order valence-corrected chi connectivity index (χ3v) is 5.27. The van der Waals surface area contributed by atoms with E-state index in [-0.39, 0.29) is 12.8 Å². The maximum absolute atomic E-state index is 15.3. The summed E-state index contributed by atoms with van der Waals surface area (Å²) in [5.74, 6) is 0.937. The van der Waals surface area contributed by atoms with Crippen molar-refractivity contribution in [2.24, 2.45) is 5.92 Å². The van der Waals surface area contributed by atoms with Crippen LogP contribution in [0.1, 0.15) is 32.6 Å². The summed E-state index contributed by atoms with van der Waals surface area (Å²) in [6, 6.07) is 3.47. The Bertz CT molecular complexity index is 1060. The number of piperidine rings is 1. The Morgan fingerprint density at radius 2 is 1.93 bits per heavy atom. The number of likely N-dealkylation sites (tertiary alicyclic amines) is 1. The van der Waals surface area contributed by atoms with Gasteiger partial charge in [0.05, 0.1) is 0 Å². The first-order chi connectivity index (χ1) is 14.3. The van der Waals surface area contributed by atoms with Crippen LogP contribution in [0, 0.1) is 12.8 Å². The molecule has 30 heavy (non-hydrogen) atoms. The van der Waals surface area contributed by atoms with Crippen molar-refractivity contribution >= 4 is 22.5 Å². The predicted molar refractivity (Wildman–Crippen MR) is 111 cm³/mol. The van der Waals surface area contributed by atoms with Crippen molar-refractivity contribution in [3.05, 3.63) is 30.4 Å². The van der Waals surface area contributed by atoms with Crippen LogP contribution in [-0.4, -0.2) is 56.3 Å². The molecule has 0 aromatic carbocycles. The molecule has 0 radical (unpaired) electrons. The second-order valence-corrected chi connectivity index (χ2v) is 8.23. The minimum Gasteiger partial charge on any atom is -0.420 e. The lowest BCUT2D eigenvalue weighted by Gasteiger charge is -2.36. The van der Waals surface area contributed by atoms with E-state index in [0.717, 1.165) is 17.3 Å². The molecule has 4 rings (SSSR count). The number of alkyl halides is 1. The van der Waals surface area contributed by atoms with E-state index in [1.165, 1.54) is 0 Å². The van der Waals surface area contributed by atoms with E-state index in [4.69, 9.17) is 4.42 Å². The van der Waals surface area contributed by atoms with Crippen LogP contribution in [0.15, 0.2) is 28.9 Å². The van der Waals surface area contributed by atoms with Crippen LogP contribution in [-0.2, 0) is 4.79 Å². The summed E-state index contributed by atoms with van der Waals surface area (Å²) in [5.41, 5.74) is -1.36. The largest absolute Gasteiger partial charge is 0.420 e. The van der Waals surface area contributed by atoms with E-state index in [0.29, 0.717) is 42.3 Å². The molecule has 3 aromatic heterocycles. The number of aryl methyl sites for hydroxylation is 1. The number of carbonyl (C=O) groups is 1. The number of hydrogen-bond donors (Lipinski definition) is 1. The number of aromatic nitrogens is 4. The smallest absolute Gasteiger partial charge is 0.266 e. The van der Waals surface area contributed by atoms with Crippen molar-refractivity contribution in [2.45, 2.75) is 39.3 Å². The van der Waals surface area contributed by atoms with Crippen molar-refractivity contribution in [1.82, 2.24) is 25.1 Å². The van der Waals surface area contributed by atoms with Crippen LogP contribution in [0.3, 0.4) is 0 Å². The lowest BCUT2D eigenvalue weighted by atomic mass is 9.92. The highest BCUT2D eigenvalue weighted by molar-refractivity contribution is 5.98. The van der Waals surface area contributed by atoms with E-state index in [1.54, 1.807) is 31.5 Å². The van der Waals surface area contributed by atoms with Crippen molar-refractivity contribution in [3.63, 3.8) is 0 Å². The molecule has 158 valence electrons. The molecule has 3 aromatic rings. The molecule has 1 fully saturated rings. The molecule has 1 N–H and O–H groups in total. The number of nitrogens with one attached hydrogen (secondary N) is 1. The van der Waals surface area contributed by atoms with E-state index < -0.39 is 11.6 Å². The Kier molecular flexibility index (Phi) is 5.46. The molecular weight excluding hydrogens is 387 g/mol. The maximum Gasteiger partial charge on any atom is 0.266 e. The van der Waals surface area contributed by atoms with E-state index >= 15 is 4.39 Å². The zero-order chi connectivity index (χ0) is 21.3. The molecule has 9 heteroatoms. The molecule has 1 amide bonds. The number of hydrogen-bond acceptors (Lipinski definition) is 7. The fourth-order valence-electron chi connectivity index (χ4n) is 3.69. The number of fused-ring (bicyclic) bond motifs is 1. The number of rotatable bonds is 5. The van der Waals surface area contributed by atoms with Crippen LogP contribution in [0.5, 0.6) is 0 Å². The molecule has 0 aliphatic carbocycles.